The van der Waals surface area contributed by atoms with Gasteiger partial charge in [-0.2, -0.15) is 5.26 Å². The van der Waals surface area contributed by atoms with Gasteiger partial charge in [0.15, 0.2) is 0 Å². The van der Waals surface area contributed by atoms with Crippen molar-refractivity contribution in [1.29, 1.82) is 5.26 Å². The summed E-state index contributed by atoms with van der Waals surface area (Å²) >= 11 is 0. The molecule has 1 aliphatic rings. The number of benzene rings is 2. The number of nitrogens with zero attached hydrogens (tertiary/aromatic N) is 1. The van der Waals surface area contributed by atoms with Crippen molar-refractivity contribution in [2.75, 3.05) is 7.11 Å². The Morgan fingerprint density at radius 1 is 1.13 bits per heavy atom. The van der Waals surface area contributed by atoms with Gasteiger partial charge in [-0.15, -0.1) is 0 Å². The Bertz CT molecular complexity index is 702. The minimum absolute atomic E-state index is 0.350. The molecule has 0 heterocycles. The Balaban J connectivity index is 1.81. The molecule has 3 rings (SSSR count). The predicted octanol–water partition coefficient (Wildman–Crippen LogP) is 4.82. The molecule has 1 unspecified atom stereocenters. The van der Waals surface area contributed by atoms with E-state index in [4.69, 9.17) is 4.74 Å². The molecule has 1 atom stereocenters. The van der Waals surface area contributed by atoms with Crippen molar-refractivity contribution in [2.24, 2.45) is 0 Å². The van der Waals surface area contributed by atoms with Crippen molar-refractivity contribution in [3.63, 3.8) is 0 Å². The molecule has 2 aromatic carbocycles. The largest absolute Gasteiger partial charge is 0.496 e. The zero-order valence-corrected chi connectivity index (χ0v) is 13.7. The zero-order chi connectivity index (χ0) is 16.1. The molecule has 118 valence electrons. The van der Waals surface area contributed by atoms with Gasteiger partial charge in [-0.3, -0.25) is 0 Å². The number of ether oxygens (including phenoxy) is 1. The van der Waals surface area contributed by atoms with Crippen LogP contribution in [0.15, 0.2) is 48.5 Å². The van der Waals surface area contributed by atoms with Crippen LogP contribution in [0.5, 0.6) is 5.75 Å². The van der Waals surface area contributed by atoms with E-state index in [1.165, 1.54) is 16.7 Å². The van der Waals surface area contributed by atoms with Gasteiger partial charge in [-0.1, -0.05) is 42.5 Å². The first-order valence-corrected chi connectivity index (χ1v) is 8.40. The molecule has 1 aliphatic carbocycles. The zero-order valence-electron chi connectivity index (χ0n) is 13.7. The van der Waals surface area contributed by atoms with E-state index in [0.717, 1.165) is 44.3 Å². The lowest BCUT2D eigenvalue weighted by molar-refractivity contribution is 0.380. The highest BCUT2D eigenvalue weighted by Crippen LogP contribution is 2.43. The SMILES string of the molecule is COc1cccc2c1CCCC2(C#N)CCCc1ccccc1. The lowest BCUT2D eigenvalue weighted by atomic mass is 9.68. The van der Waals surface area contributed by atoms with E-state index in [0.29, 0.717) is 0 Å². The van der Waals surface area contributed by atoms with Crippen molar-refractivity contribution >= 4 is 0 Å². The summed E-state index contributed by atoms with van der Waals surface area (Å²) in [5.74, 6) is 0.935. The second-order valence-electron chi connectivity index (χ2n) is 6.37. The van der Waals surface area contributed by atoms with Crippen LogP contribution in [0.2, 0.25) is 0 Å². The molecule has 2 nitrogen and oxygen atoms in total. The number of nitriles is 1. The van der Waals surface area contributed by atoms with Gasteiger partial charge in [-0.05, 0) is 61.3 Å². The first-order chi connectivity index (χ1) is 11.3. The highest BCUT2D eigenvalue weighted by atomic mass is 16.5. The summed E-state index contributed by atoms with van der Waals surface area (Å²) in [6.07, 6.45) is 6.02. The molecule has 0 N–H and O–H groups in total. The Hall–Kier alpha value is -2.27. The summed E-state index contributed by atoms with van der Waals surface area (Å²) in [7, 11) is 1.72. The molecular formula is C21H23NO. The quantitative estimate of drug-likeness (QED) is 0.793. The van der Waals surface area contributed by atoms with E-state index in [-0.39, 0.29) is 5.41 Å². The van der Waals surface area contributed by atoms with E-state index in [1.54, 1.807) is 7.11 Å². The summed E-state index contributed by atoms with van der Waals surface area (Å²) < 4.78 is 5.51. The maximum Gasteiger partial charge on any atom is 0.122 e. The van der Waals surface area contributed by atoms with Crippen LogP contribution in [-0.2, 0) is 18.3 Å². The minimum atomic E-state index is -0.350. The fourth-order valence-corrected chi connectivity index (χ4v) is 3.84. The number of aryl methyl sites for hydroxylation is 1. The Morgan fingerprint density at radius 2 is 1.96 bits per heavy atom. The van der Waals surface area contributed by atoms with Crippen molar-refractivity contribution in [3.8, 4) is 11.8 Å². The van der Waals surface area contributed by atoms with Crippen molar-refractivity contribution in [1.82, 2.24) is 0 Å². The van der Waals surface area contributed by atoms with E-state index in [2.05, 4.69) is 36.4 Å². The molecule has 2 aromatic rings. The van der Waals surface area contributed by atoms with Crippen LogP contribution < -0.4 is 4.74 Å². The molecule has 0 amide bonds. The van der Waals surface area contributed by atoms with Crippen LogP contribution in [0.1, 0.15) is 42.4 Å². The lowest BCUT2D eigenvalue weighted by Gasteiger charge is -2.34. The van der Waals surface area contributed by atoms with Crippen LogP contribution in [-0.4, -0.2) is 7.11 Å². The second-order valence-corrected chi connectivity index (χ2v) is 6.37. The minimum Gasteiger partial charge on any atom is -0.496 e. The molecule has 0 aromatic heterocycles. The van der Waals surface area contributed by atoms with Gasteiger partial charge in [0, 0.05) is 0 Å². The Kier molecular flexibility index (Phi) is 4.67. The summed E-state index contributed by atoms with van der Waals surface area (Å²) in [6, 6.07) is 19.3. The molecule has 0 fully saturated rings. The fraction of sp³-hybridized carbons (Fsp3) is 0.381. The van der Waals surface area contributed by atoms with Gasteiger partial charge in [0.25, 0.3) is 0 Å². The van der Waals surface area contributed by atoms with E-state index >= 15 is 0 Å². The summed E-state index contributed by atoms with van der Waals surface area (Å²) in [5, 5.41) is 9.96. The number of rotatable bonds is 5. The summed E-state index contributed by atoms with van der Waals surface area (Å²) in [5.41, 5.74) is 3.43. The second kappa shape index (κ2) is 6.87. The summed E-state index contributed by atoms with van der Waals surface area (Å²) in [4.78, 5) is 0. The van der Waals surface area contributed by atoms with Crippen LogP contribution in [0, 0.1) is 11.3 Å². The number of hydrogen-bond acceptors (Lipinski definition) is 2. The lowest BCUT2D eigenvalue weighted by Crippen LogP contribution is -2.29. The van der Waals surface area contributed by atoms with Crippen LogP contribution in [0.25, 0.3) is 0 Å². The van der Waals surface area contributed by atoms with Crippen LogP contribution in [0.4, 0.5) is 0 Å². The summed E-state index contributed by atoms with van der Waals surface area (Å²) in [6.45, 7) is 0. The molecular weight excluding hydrogens is 282 g/mol. The number of hydrogen-bond donors (Lipinski definition) is 0. The maximum absolute atomic E-state index is 9.96. The first kappa shape index (κ1) is 15.6. The maximum atomic E-state index is 9.96. The normalized spacial score (nSPS) is 19.7. The van der Waals surface area contributed by atoms with Gasteiger partial charge < -0.3 is 4.74 Å². The Morgan fingerprint density at radius 3 is 2.70 bits per heavy atom. The van der Waals surface area contributed by atoms with Gasteiger partial charge in [0.05, 0.1) is 18.6 Å². The molecule has 0 radical (unpaired) electrons. The predicted molar refractivity (Wildman–Crippen MR) is 92.6 cm³/mol. The highest BCUT2D eigenvalue weighted by Gasteiger charge is 2.37. The number of fused-ring (bicyclic) bond motifs is 1. The standard InChI is InChI=1S/C21H23NO/c1-23-20-13-5-12-19-18(20)11-7-15-21(19,16-22)14-6-10-17-8-3-2-4-9-17/h2-5,8-9,12-13H,6-7,10-11,14-15H2,1H3. The van der Waals surface area contributed by atoms with Crippen LogP contribution >= 0.6 is 0 Å². The number of methoxy groups -OCH3 is 1. The first-order valence-electron chi connectivity index (χ1n) is 8.40. The monoisotopic (exact) mass is 305 g/mol. The van der Waals surface area contributed by atoms with Crippen LogP contribution in [0.3, 0.4) is 0 Å². The molecule has 0 aliphatic heterocycles. The molecule has 2 heteroatoms. The van der Waals surface area contributed by atoms with Gasteiger partial charge >= 0.3 is 0 Å². The van der Waals surface area contributed by atoms with E-state index < -0.39 is 0 Å². The third-order valence-electron chi connectivity index (χ3n) is 5.02. The molecule has 0 spiro atoms. The molecule has 0 bridgehead atoms. The van der Waals surface area contributed by atoms with E-state index in [1.807, 2.05) is 18.2 Å². The third-order valence-corrected chi connectivity index (χ3v) is 5.02. The van der Waals surface area contributed by atoms with Gasteiger partial charge in [0.2, 0.25) is 0 Å². The smallest absolute Gasteiger partial charge is 0.122 e. The molecule has 0 saturated carbocycles. The molecule has 0 saturated heterocycles. The van der Waals surface area contributed by atoms with E-state index in [9.17, 15) is 5.26 Å². The van der Waals surface area contributed by atoms with Gasteiger partial charge in [-0.25, -0.2) is 0 Å². The molecule has 23 heavy (non-hydrogen) atoms. The van der Waals surface area contributed by atoms with Gasteiger partial charge in [0.1, 0.15) is 5.75 Å². The third kappa shape index (κ3) is 3.10. The topological polar surface area (TPSA) is 33.0 Å². The Labute approximate surface area is 138 Å². The highest BCUT2D eigenvalue weighted by molar-refractivity contribution is 5.49. The van der Waals surface area contributed by atoms with Crippen molar-refractivity contribution < 1.29 is 4.74 Å². The average molecular weight is 305 g/mol. The van der Waals surface area contributed by atoms with Crippen molar-refractivity contribution in [2.45, 2.75) is 43.9 Å². The van der Waals surface area contributed by atoms with Crippen molar-refractivity contribution in [3.05, 3.63) is 65.2 Å². The average Bonchev–Trinajstić information content (AvgIpc) is 2.62. The fourth-order valence-electron chi connectivity index (χ4n) is 3.84.